The molecule has 4 N–H and O–H groups in total. The van der Waals surface area contributed by atoms with Gasteiger partial charge in [-0.15, -0.1) is 0 Å². The minimum Gasteiger partial charge on any atom is -0.409 e. The van der Waals surface area contributed by atoms with Gasteiger partial charge < -0.3 is 21.0 Å². The first-order chi connectivity index (χ1) is 9.70. The Morgan fingerprint density at radius 1 is 1.50 bits per heavy atom. The van der Waals surface area contributed by atoms with Gasteiger partial charge in [0.15, 0.2) is 0 Å². The van der Waals surface area contributed by atoms with E-state index < -0.39 is 0 Å². The molecule has 0 aliphatic carbocycles. The van der Waals surface area contributed by atoms with E-state index in [1.807, 2.05) is 30.3 Å². The van der Waals surface area contributed by atoms with E-state index >= 15 is 0 Å². The van der Waals surface area contributed by atoms with Crippen LogP contribution in [0.2, 0.25) is 0 Å². The molecule has 1 aromatic rings. The fourth-order valence-electron chi connectivity index (χ4n) is 2.63. The summed E-state index contributed by atoms with van der Waals surface area (Å²) >= 11 is 0. The smallest absolute Gasteiger partial charge is 0.141 e. The second kappa shape index (κ2) is 7.26. The molecule has 3 atom stereocenters. The Hall–Kier alpha value is -1.59. The van der Waals surface area contributed by atoms with Gasteiger partial charge >= 0.3 is 0 Å². The molecule has 20 heavy (non-hydrogen) atoms. The van der Waals surface area contributed by atoms with Crippen LogP contribution in [0, 0.1) is 0 Å². The van der Waals surface area contributed by atoms with Crippen molar-refractivity contribution < 1.29 is 9.94 Å². The van der Waals surface area contributed by atoms with Gasteiger partial charge in [-0.3, -0.25) is 0 Å². The molecule has 0 radical (unpaired) electrons. The number of nitrogens with two attached hydrogens (primary N) is 1. The first-order valence-corrected chi connectivity index (χ1v) is 7.09. The molecular formula is C15H23N3O2. The highest BCUT2D eigenvalue weighted by Gasteiger charge is 2.25. The van der Waals surface area contributed by atoms with Crippen LogP contribution in [0.1, 0.15) is 37.8 Å². The third kappa shape index (κ3) is 3.95. The molecule has 1 fully saturated rings. The SMILES string of the molecule is CC(NC(CC(N)=NO)c1ccccc1)C1CCCO1. The zero-order valence-corrected chi connectivity index (χ0v) is 11.8. The van der Waals surface area contributed by atoms with Crippen molar-refractivity contribution in [1.29, 1.82) is 0 Å². The van der Waals surface area contributed by atoms with Crippen molar-refractivity contribution in [3.05, 3.63) is 35.9 Å². The predicted molar refractivity (Wildman–Crippen MR) is 78.8 cm³/mol. The van der Waals surface area contributed by atoms with Crippen LogP contribution in [-0.4, -0.2) is 29.8 Å². The number of ether oxygens (including phenoxy) is 1. The van der Waals surface area contributed by atoms with Gasteiger partial charge in [0.1, 0.15) is 5.84 Å². The molecule has 1 heterocycles. The van der Waals surface area contributed by atoms with Crippen LogP contribution in [0.15, 0.2) is 35.5 Å². The Kier molecular flexibility index (Phi) is 5.38. The van der Waals surface area contributed by atoms with Gasteiger partial charge in [-0.1, -0.05) is 35.5 Å². The van der Waals surface area contributed by atoms with Crippen LogP contribution in [0.25, 0.3) is 0 Å². The van der Waals surface area contributed by atoms with Crippen LogP contribution in [-0.2, 0) is 4.74 Å². The summed E-state index contributed by atoms with van der Waals surface area (Å²) in [4.78, 5) is 0. The van der Waals surface area contributed by atoms with Crippen LogP contribution in [0.4, 0.5) is 0 Å². The topological polar surface area (TPSA) is 79.9 Å². The first kappa shape index (κ1) is 14.8. The third-order valence-electron chi connectivity index (χ3n) is 3.73. The van der Waals surface area contributed by atoms with Gasteiger partial charge in [0.25, 0.3) is 0 Å². The zero-order valence-electron chi connectivity index (χ0n) is 11.8. The van der Waals surface area contributed by atoms with Gasteiger partial charge in [-0.25, -0.2) is 0 Å². The van der Waals surface area contributed by atoms with Crippen molar-refractivity contribution >= 4 is 5.84 Å². The molecule has 1 aliphatic heterocycles. The largest absolute Gasteiger partial charge is 0.409 e. The lowest BCUT2D eigenvalue weighted by molar-refractivity contribution is 0.0799. The highest BCUT2D eigenvalue weighted by molar-refractivity contribution is 5.80. The van der Waals surface area contributed by atoms with E-state index in [9.17, 15) is 0 Å². The van der Waals surface area contributed by atoms with Crippen molar-refractivity contribution in [2.75, 3.05) is 6.61 Å². The number of oxime groups is 1. The van der Waals surface area contributed by atoms with Gasteiger partial charge in [0.2, 0.25) is 0 Å². The van der Waals surface area contributed by atoms with Crippen molar-refractivity contribution in [2.24, 2.45) is 10.9 Å². The Balaban J connectivity index is 2.05. The molecule has 0 amide bonds. The first-order valence-electron chi connectivity index (χ1n) is 7.09. The van der Waals surface area contributed by atoms with Gasteiger partial charge in [-0.05, 0) is 25.3 Å². The summed E-state index contributed by atoms with van der Waals surface area (Å²) in [5.41, 5.74) is 6.80. The number of benzene rings is 1. The summed E-state index contributed by atoms with van der Waals surface area (Å²) in [6, 6.07) is 10.3. The molecule has 3 unspecified atom stereocenters. The van der Waals surface area contributed by atoms with E-state index in [1.165, 1.54) is 0 Å². The molecular weight excluding hydrogens is 254 g/mol. The minimum absolute atomic E-state index is 0.0197. The molecule has 5 heteroatoms. The molecule has 0 spiro atoms. The lowest BCUT2D eigenvalue weighted by Crippen LogP contribution is -2.40. The minimum atomic E-state index is 0.0197. The molecule has 1 saturated heterocycles. The fourth-order valence-corrected chi connectivity index (χ4v) is 2.63. The maximum atomic E-state index is 8.79. The quantitative estimate of drug-likeness (QED) is 0.322. The molecule has 0 saturated carbocycles. The Morgan fingerprint density at radius 3 is 2.85 bits per heavy atom. The van der Waals surface area contributed by atoms with Crippen molar-refractivity contribution in [3.8, 4) is 0 Å². The maximum Gasteiger partial charge on any atom is 0.141 e. The Labute approximate surface area is 119 Å². The Bertz CT molecular complexity index is 430. The number of amidine groups is 1. The molecule has 1 aliphatic rings. The summed E-state index contributed by atoms with van der Waals surface area (Å²) in [6.45, 7) is 2.96. The summed E-state index contributed by atoms with van der Waals surface area (Å²) < 4.78 is 5.71. The van der Waals surface area contributed by atoms with Crippen molar-refractivity contribution in [2.45, 2.75) is 44.4 Å². The maximum absolute atomic E-state index is 8.79. The monoisotopic (exact) mass is 277 g/mol. The molecule has 2 rings (SSSR count). The number of nitrogens with one attached hydrogen (secondary N) is 1. The van der Waals surface area contributed by atoms with E-state index in [1.54, 1.807) is 0 Å². The predicted octanol–water partition coefficient (Wildman–Crippen LogP) is 2.02. The Morgan fingerprint density at radius 2 is 2.25 bits per heavy atom. The molecule has 110 valence electrons. The van der Waals surface area contributed by atoms with E-state index in [0.29, 0.717) is 6.42 Å². The number of hydrogen-bond acceptors (Lipinski definition) is 4. The third-order valence-corrected chi connectivity index (χ3v) is 3.73. The number of nitrogens with zero attached hydrogens (tertiary/aromatic N) is 1. The highest BCUT2D eigenvalue weighted by atomic mass is 16.5. The van der Waals surface area contributed by atoms with Gasteiger partial charge in [-0.2, -0.15) is 0 Å². The standard InChI is InChI=1S/C15H23N3O2/c1-11(14-8-5-9-20-14)17-13(10-15(16)18-19)12-6-3-2-4-7-12/h2-4,6-7,11,13-14,17,19H,5,8-10H2,1H3,(H2,16,18). The van der Waals surface area contributed by atoms with E-state index in [4.69, 9.17) is 15.7 Å². The lowest BCUT2D eigenvalue weighted by Gasteiger charge is -2.27. The zero-order chi connectivity index (χ0) is 14.4. The number of rotatable bonds is 6. The summed E-state index contributed by atoms with van der Waals surface area (Å²) in [7, 11) is 0. The second-order valence-corrected chi connectivity index (χ2v) is 5.27. The summed E-state index contributed by atoms with van der Waals surface area (Å²) in [5.74, 6) is 0.228. The van der Waals surface area contributed by atoms with Crippen LogP contribution >= 0.6 is 0 Å². The normalized spacial score (nSPS) is 22.6. The van der Waals surface area contributed by atoms with Crippen molar-refractivity contribution in [1.82, 2.24) is 5.32 Å². The van der Waals surface area contributed by atoms with Crippen LogP contribution in [0.5, 0.6) is 0 Å². The molecule has 1 aromatic carbocycles. The summed E-state index contributed by atoms with van der Waals surface area (Å²) in [5, 5.41) is 15.4. The average Bonchev–Trinajstić information content (AvgIpc) is 3.01. The van der Waals surface area contributed by atoms with Crippen molar-refractivity contribution in [3.63, 3.8) is 0 Å². The van der Waals surface area contributed by atoms with E-state index in [-0.39, 0.29) is 24.0 Å². The van der Waals surface area contributed by atoms with Gasteiger partial charge in [0, 0.05) is 25.1 Å². The van der Waals surface area contributed by atoms with E-state index in [2.05, 4.69) is 17.4 Å². The van der Waals surface area contributed by atoms with Crippen LogP contribution < -0.4 is 11.1 Å². The van der Waals surface area contributed by atoms with Crippen LogP contribution in [0.3, 0.4) is 0 Å². The lowest BCUT2D eigenvalue weighted by atomic mass is 10.0. The second-order valence-electron chi connectivity index (χ2n) is 5.27. The highest BCUT2D eigenvalue weighted by Crippen LogP contribution is 2.21. The van der Waals surface area contributed by atoms with Gasteiger partial charge in [0.05, 0.1) is 6.10 Å². The number of hydrogen-bond donors (Lipinski definition) is 3. The van der Waals surface area contributed by atoms with E-state index in [0.717, 1.165) is 25.0 Å². The fraction of sp³-hybridized carbons (Fsp3) is 0.533. The average molecular weight is 277 g/mol. The molecule has 0 aromatic heterocycles. The molecule has 5 nitrogen and oxygen atoms in total. The molecule has 0 bridgehead atoms. The summed E-state index contributed by atoms with van der Waals surface area (Å²) in [6.07, 6.45) is 2.91.